The standard InChI is InChI=1S/C11H9N2O2S/c14-16(15)12-13-8-6-11(7-9-13)10-4-2-1-3-5-10/h1-9H/q+1. The van der Waals surface area contributed by atoms with Gasteiger partial charge in [-0.25, -0.2) is 0 Å². The van der Waals surface area contributed by atoms with Gasteiger partial charge in [-0.05, 0) is 15.8 Å². The van der Waals surface area contributed by atoms with Gasteiger partial charge in [-0.15, -0.1) is 0 Å². The van der Waals surface area contributed by atoms with E-state index in [0.717, 1.165) is 11.1 Å². The Morgan fingerprint density at radius 3 is 2.00 bits per heavy atom. The normalized spacial score (nSPS) is 9.75. The van der Waals surface area contributed by atoms with Crippen molar-refractivity contribution < 1.29 is 13.1 Å². The van der Waals surface area contributed by atoms with Crippen LogP contribution in [-0.2, 0) is 10.5 Å². The number of rotatable bonds is 2. The van der Waals surface area contributed by atoms with Crippen molar-refractivity contribution in [2.45, 2.75) is 0 Å². The number of pyridine rings is 1. The predicted molar refractivity (Wildman–Crippen MR) is 58.8 cm³/mol. The van der Waals surface area contributed by atoms with E-state index in [1.807, 2.05) is 42.5 Å². The van der Waals surface area contributed by atoms with Crippen molar-refractivity contribution in [3.05, 3.63) is 54.9 Å². The first-order chi connectivity index (χ1) is 7.75. The molecule has 5 heteroatoms. The van der Waals surface area contributed by atoms with Crippen molar-refractivity contribution in [3.8, 4) is 11.1 Å². The van der Waals surface area contributed by atoms with Gasteiger partial charge in [0.2, 0.25) is 12.4 Å². The Balaban J connectivity index is 2.37. The Morgan fingerprint density at radius 1 is 0.875 bits per heavy atom. The third-order valence-electron chi connectivity index (χ3n) is 2.08. The van der Waals surface area contributed by atoms with Crippen LogP contribution in [0.2, 0.25) is 0 Å². The first kappa shape index (κ1) is 10.5. The molecule has 1 heterocycles. The summed E-state index contributed by atoms with van der Waals surface area (Å²) < 4.78 is 25.2. The van der Waals surface area contributed by atoms with Gasteiger partial charge in [0.25, 0.3) is 0 Å². The molecule has 0 fully saturated rings. The minimum atomic E-state index is -2.43. The Hall–Kier alpha value is -2.01. The first-order valence-corrected chi connectivity index (χ1v) is 5.67. The van der Waals surface area contributed by atoms with Crippen LogP contribution in [-0.4, -0.2) is 8.42 Å². The summed E-state index contributed by atoms with van der Waals surface area (Å²) in [5.41, 5.74) is 2.10. The van der Waals surface area contributed by atoms with E-state index in [9.17, 15) is 8.42 Å². The molecular weight excluding hydrogens is 224 g/mol. The lowest BCUT2D eigenvalue weighted by atomic mass is 10.1. The van der Waals surface area contributed by atoms with Crippen LogP contribution in [0.25, 0.3) is 11.1 Å². The van der Waals surface area contributed by atoms with Crippen LogP contribution in [0.1, 0.15) is 0 Å². The van der Waals surface area contributed by atoms with Gasteiger partial charge in [0.05, 0.1) is 0 Å². The van der Waals surface area contributed by atoms with E-state index in [4.69, 9.17) is 0 Å². The molecule has 4 nitrogen and oxygen atoms in total. The van der Waals surface area contributed by atoms with Crippen molar-refractivity contribution in [2.24, 2.45) is 4.47 Å². The maximum atomic E-state index is 10.3. The number of hydrogen-bond acceptors (Lipinski definition) is 3. The molecule has 0 spiro atoms. The summed E-state index contributed by atoms with van der Waals surface area (Å²) in [6.45, 7) is 0. The first-order valence-electron chi connectivity index (χ1n) is 4.64. The third kappa shape index (κ3) is 2.52. The Kier molecular flexibility index (Phi) is 3.07. The maximum absolute atomic E-state index is 10.3. The van der Waals surface area contributed by atoms with Crippen LogP contribution >= 0.6 is 0 Å². The lowest BCUT2D eigenvalue weighted by Gasteiger charge is -1.97. The summed E-state index contributed by atoms with van der Waals surface area (Å²) in [4.78, 5) is 0. The molecule has 1 aromatic carbocycles. The molecule has 0 atom stereocenters. The molecule has 0 saturated heterocycles. The molecule has 16 heavy (non-hydrogen) atoms. The zero-order valence-electron chi connectivity index (χ0n) is 8.32. The molecule has 2 aromatic rings. The quantitative estimate of drug-likeness (QED) is 0.737. The molecule has 1 aromatic heterocycles. The van der Waals surface area contributed by atoms with Gasteiger partial charge >= 0.3 is 10.5 Å². The Labute approximate surface area is 94.5 Å². The van der Waals surface area contributed by atoms with Crippen LogP contribution in [0, 0.1) is 0 Å². The molecule has 2 rings (SSSR count). The van der Waals surface area contributed by atoms with Crippen LogP contribution in [0.3, 0.4) is 0 Å². The third-order valence-corrected chi connectivity index (χ3v) is 2.40. The highest BCUT2D eigenvalue weighted by Crippen LogP contribution is 2.16. The molecule has 0 aliphatic rings. The van der Waals surface area contributed by atoms with Crippen molar-refractivity contribution >= 4 is 10.5 Å². The SMILES string of the molecule is O=S(=O)=N[n+]1ccc(-c2ccccc2)cc1. The van der Waals surface area contributed by atoms with Gasteiger partial charge in [-0.2, -0.15) is 8.42 Å². The van der Waals surface area contributed by atoms with Crippen LogP contribution in [0.5, 0.6) is 0 Å². The number of benzene rings is 1. The largest absolute Gasteiger partial charge is 0.373 e. The minimum absolute atomic E-state index is 1.02. The number of hydrogen-bond donors (Lipinski definition) is 0. The van der Waals surface area contributed by atoms with Gasteiger partial charge in [-0.1, -0.05) is 30.3 Å². The maximum Gasteiger partial charge on any atom is 0.373 e. The summed E-state index contributed by atoms with van der Waals surface area (Å²) in [6, 6.07) is 13.5. The van der Waals surface area contributed by atoms with Crippen LogP contribution in [0.15, 0.2) is 59.3 Å². The van der Waals surface area contributed by atoms with Gasteiger partial charge in [0.1, 0.15) is 4.47 Å². The van der Waals surface area contributed by atoms with E-state index in [1.54, 1.807) is 12.4 Å². The van der Waals surface area contributed by atoms with Gasteiger partial charge < -0.3 is 0 Å². The smallest absolute Gasteiger partial charge is 0.158 e. The summed E-state index contributed by atoms with van der Waals surface area (Å²) >= 11 is 0. The van der Waals surface area contributed by atoms with Crippen molar-refractivity contribution in [3.63, 3.8) is 0 Å². The topological polar surface area (TPSA) is 50.4 Å². The molecule has 0 saturated carbocycles. The van der Waals surface area contributed by atoms with Crippen LogP contribution in [0.4, 0.5) is 0 Å². The van der Waals surface area contributed by atoms with E-state index < -0.39 is 10.5 Å². The summed E-state index contributed by atoms with van der Waals surface area (Å²) in [7, 11) is -2.43. The fraction of sp³-hybridized carbons (Fsp3) is 0. The zero-order valence-corrected chi connectivity index (χ0v) is 9.13. The highest BCUT2D eigenvalue weighted by Gasteiger charge is 2.01. The molecule has 0 radical (unpaired) electrons. The number of aromatic nitrogens is 1. The fourth-order valence-electron chi connectivity index (χ4n) is 1.37. The van der Waals surface area contributed by atoms with Crippen molar-refractivity contribution in [1.82, 2.24) is 0 Å². The fourth-order valence-corrected chi connectivity index (χ4v) is 1.64. The summed E-state index contributed by atoms with van der Waals surface area (Å²) in [6.07, 6.45) is 3.19. The van der Waals surface area contributed by atoms with E-state index in [1.165, 1.54) is 4.68 Å². The van der Waals surface area contributed by atoms with E-state index >= 15 is 0 Å². The molecular formula is C11H9N2O2S+. The van der Waals surface area contributed by atoms with Crippen LogP contribution < -0.4 is 4.68 Å². The zero-order chi connectivity index (χ0) is 11.4. The highest BCUT2D eigenvalue weighted by atomic mass is 32.2. The molecule has 0 aliphatic heterocycles. The molecule has 0 amide bonds. The van der Waals surface area contributed by atoms with Crippen molar-refractivity contribution in [2.75, 3.05) is 0 Å². The van der Waals surface area contributed by atoms with E-state index in [2.05, 4.69) is 4.47 Å². The molecule has 0 unspecified atom stereocenters. The lowest BCUT2D eigenvalue weighted by molar-refractivity contribution is -0.676. The predicted octanol–water partition coefficient (Wildman–Crippen LogP) is 1.47. The van der Waals surface area contributed by atoms with E-state index in [0.29, 0.717) is 0 Å². The second kappa shape index (κ2) is 4.67. The Bertz CT molecular complexity index is 596. The lowest BCUT2D eigenvalue weighted by Crippen LogP contribution is -2.25. The second-order valence-electron chi connectivity index (χ2n) is 3.13. The minimum Gasteiger partial charge on any atom is -0.158 e. The van der Waals surface area contributed by atoms with Crippen molar-refractivity contribution in [1.29, 1.82) is 0 Å². The van der Waals surface area contributed by atoms with Gasteiger partial charge in [0.15, 0.2) is 0 Å². The average Bonchev–Trinajstić information content (AvgIpc) is 2.30. The monoisotopic (exact) mass is 233 g/mol. The van der Waals surface area contributed by atoms with E-state index in [-0.39, 0.29) is 0 Å². The summed E-state index contributed by atoms with van der Waals surface area (Å²) in [5.74, 6) is 0. The number of nitrogens with zero attached hydrogens (tertiary/aromatic N) is 2. The molecule has 0 bridgehead atoms. The molecule has 80 valence electrons. The van der Waals surface area contributed by atoms with Gasteiger partial charge in [-0.3, -0.25) is 0 Å². The highest BCUT2D eigenvalue weighted by molar-refractivity contribution is 7.61. The average molecular weight is 233 g/mol. The Morgan fingerprint density at radius 2 is 1.44 bits per heavy atom. The molecule has 0 aliphatic carbocycles. The summed E-state index contributed by atoms with van der Waals surface area (Å²) in [5, 5.41) is 0. The van der Waals surface area contributed by atoms with Gasteiger partial charge in [0, 0.05) is 12.1 Å². The molecule has 0 N–H and O–H groups in total. The second-order valence-corrected chi connectivity index (χ2v) is 3.73.